The van der Waals surface area contributed by atoms with Crippen LogP contribution in [-0.4, -0.2) is 92.8 Å². The third-order valence-corrected chi connectivity index (χ3v) is 6.45. The van der Waals surface area contributed by atoms with E-state index in [0.29, 0.717) is 12.1 Å². The van der Waals surface area contributed by atoms with Gasteiger partial charge < -0.3 is 45.4 Å². The molecule has 232 valence electrons. The molecule has 43 heavy (non-hydrogen) atoms. The van der Waals surface area contributed by atoms with Crippen molar-refractivity contribution in [2.24, 2.45) is 0 Å². The number of aromatic hydroxyl groups is 3. The summed E-state index contributed by atoms with van der Waals surface area (Å²) in [6.45, 7) is -1.77. The molecule has 0 bridgehead atoms. The molecule has 0 radical (unpaired) electrons. The monoisotopic (exact) mass is 612 g/mol. The van der Waals surface area contributed by atoms with Gasteiger partial charge in [0.15, 0.2) is 23.0 Å². The first-order valence-electron chi connectivity index (χ1n) is 11.7. The number of aliphatic hydroxyl groups is 4. The molecule has 3 aromatic carbocycles. The van der Waals surface area contributed by atoms with Gasteiger partial charge in [0.25, 0.3) is 0 Å². The quantitative estimate of drug-likeness (QED) is 0.0449. The second-order valence-electron chi connectivity index (χ2n) is 8.92. The van der Waals surface area contributed by atoms with Crippen LogP contribution in [-0.2, 0) is 24.3 Å². The van der Waals surface area contributed by atoms with E-state index in [1.165, 1.54) is 60.7 Å². The van der Waals surface area contributed by atoms with E-state index >= 15 is 0 Å². The van der Waals surface area contributed by atoms with Gasteiger partial charge >= 0.3 is 28.9 Å². The first kappa shape index (κ1) is 31.8. The van der Waals surface area contributed by atoms with Crippen LogP contribution in [0, 0.1) is 0 Å². The van der Waals surface area contributed by atoms with Gasteiger partial charge in [-0.05, 0) is 36.4 Å². The lowest BCUT2D eigenvalue weighted by Crippen LogP contribution is -2.92. The highest BCUT2D eigenvalue weighted by atomic mass is 17.3. The zero-order chi connectivity index (χ0) is 31.7. The van der Waals surface area contributed by atoms with E-state index in [1.54, 1.807) is 0 Å². The van der Waals surface area contributed by atoms with E-state index in [0.717, 1.165) is 0 Å². The highest BCUT2D eigenvalue weighted by Crippen LogP contribution is 2.57. The Balaban J connectivity index is 2.02. The molecular weight excluding hydrogens is 588 g/mol. The van der Waals surface area contributed by atoms with Crippen molar-refractivity contribution in [1.29, 1.82) is 0 Å². The maximum atomic E-state index is 13.8. The highest BCUT2D eigenvalue weighted by molar-refractivity contribution is 6.03. The van der Waals surface area contributed by atoms with Crippen molar-refractivity contribution in [1.82, 2.24) is 0 Å². The largest absolute Gasteiger partial charge is 0.504 e. The van der Waals surface area contributed by atoms with Gasteiger partial charge in [-0.2, -0.15) is 14.7 Å². The number of carbonyl (C=O) groups excluding carboxylic acids is 1. The summed E-state index contributed by atoms with van der Waals surface area (Å²) in [5.74, 6) is -27.4. The fourth-order valence-corrected chi connectivity index (χ4v) is 4.22. The topological polar surface area (TPSA) is 284 Å². The van der Waals surface area contributed by atoms with E-state index in [2.05, 4.69) is 14.7 Å². The van der Waals surface area contributed by atoms with Crippen LogP contribution in [0.15, 0.2) is 72.8 Å². The Morgan fingerprint density at radius 1 is 0.721 bits per heavy atom. The molecule has 0 spiro atoms. The van der Waals surface area contributed by atoms with Crippen LogP contribution in [0.5, 0.6) is 28.7 Å². The summed E-state index contributed by atoms with van der Waals surface area (Å²) in [6, 6.07) is 14.2. The summed E-state index contributed by atoms with van der Waals surface area (Å²) in [5, 5.41) is 105. The SMILES string of the molecule is O=C(c1cc(O)c(O)c(O)c1)[C@]1(OO)O[C@@](CO)(Oc2ccccc2)[C@@](O)(OOc2ccccc2)[C@](O)(OO)[C@@]1(O)OO. The predicted molar refractivity (Wildman–Crippen MR) is 131 cm³/mol. The first-order valence-corrected chi connectivity index (χ1v) is 11.7. The van der Waals surface area contributed by atoms with E-state index in [4.69, 9.17) is 19.2 Å². The molecule has 5 atom stereocenters. The van der Waals surface area contributed by atoms with Gasteiger partial charge in [0, 0.05) is 5.56 Å². The van der Waals surface area contributed by atoms with Crippen LogP contribution >= 0.6 is 0 Å². The Bertz CT molecular complexity index is 1420. The lowest BCUT2D eigenvalue weighted by molar-refractivity contribution is -0.687. The summed E-state index contributed by atoms with van der Waals surface area (Å²) < 4.78 is 10.9. The molecule has 0 amide bonds. The Labute approximate surface area is 239 Å². The number of para-hydroxylation sites is 2. The molecule has 1 aliphatic rings. The van der Waals surface area contributed by atoms with Crippen LogP contribution in [0.4, 0.5) is 0 Å². The minimum atomic E-state index is -4.60. The van der Waals surface area contributed by atoms with Crippen LogP contribution in [0.1, 0.15) is 10.4 Å². The summed E-state index contributed by atoms with van der Waals surface area (Å²) in [6.07, 6.45) is 0. The third-order valence-electron chi connectivity index (χ3n) is 6.45. The zero-order valence-corrected chi connectivity index (χ0v) is 21.4. The number of ketones is 1. The highest BCUT2D eigenvalue weighted by Gasteiger charge is 2.92. The normalized spacial score (nSPS) is 30.5. The third kappa shape index (κ3) is 4.60. The smallest absolute Gasteiger partial charge is 0.342 e. The van der Waals surface area contributed by atoms with E-state index in [1.807, 2.05) is 0 Å². The van der Waals surface area contributed by atoms with Gasteiger partial charge in [-0.1, -0.05) is 36.4 Å². The molecule has 18 heteroatoms. The van der Waals surface area contributed by atoms with E-state index in [9.17, 15) is 56.3 Å². The number of phenolic OH excluding ortho intramolecular Hbond substituents is 3. The first-order chi connectivity index (χ1) is 20.3. The lowest BCUT2D eigenvalue weighted by atomic mass is 9.78. The average molecular weight is 612 g/mol. The summed E-state index contributed by atoms with van der Waals surface area (Å²) in [5.41, 5.74) is -1.05. The molecular formula is C25H24O18. The van der Waals surface area contributed by atoms with Crippen molar-refractivity contribution in [2.45, 2.75) is 28.9 Å². The Hall–Kier alpha value is -4.15. The molecule has 0 unspecified atom stereocenters. The number of Topliss-reactive ketones (excluding diaryl/α,β-unsaturated/α-hetero) is 1. The van der Waals surface area contributed by atoms with Gasteiger partial charge in [0.2, 0.25) is 5.78 Å². The molecule has 10 N–H and O–H groups in total. The molecule has 0 aromatic heterocycles. The second-order valence-corrected chi connectivity index (χ2v) is 8.92. The maximum Gasteiger partial charge on any atom is 0.342 e. The number of hydrogen-bond donors (Lipinski definition) is 10. The second kappa shape index (κ2) is 11.5. The molecule has 1 aliphatic heterocycles. The van der Waals surface area contributed by atoms with Gasteiger partial charge in [0.1, 0.15) is 12.4 Å². The summed E-state index contributed by atoms with van der Waals surface area (Å²) in [7, 11) is 0. The van der Waals surface area contributed by atoms with Crippen molar-refractivity contribution in [3.63, 3.8) is 0 Å². The minimum absolute atomic E-state index is 0.252. The van der Waals surface area contributed by atoms with E-state index < -0.39 is 64.1 Å². The van der Waals surface area contributed by atoms with Gasteiger partial charge in [-0.3, -0.25) is 9.53 Å². The standard InChI is InChI=1S/C25H24O18/c26-13-21(37-15-7-3-1-4-8-15)23(31,43-38-16-9-5-2-6-10-16)25(33,42-36)24(32,41-35)22(39-21,40-34)20(30)14-11-17(27)19(29)18(28)12-14/h1-12,26-29,31-36H,13H2/t21-,22-,23-,24+,25+/m1/s1. The van der Waals surface area contributed by atoms with Crippen molar-refractivity contribution >= 4 is 5.78 Å². The number of phenols is 3. The molecule has 0 aliphatic carbocycles. The van der Waals surface area contributed by atoms with Crippen molar-refractivity contribution in [3.05, 3.63) is 78.4 Å². The number of benzene rings is 3. The van der Waals surface area contributed by atoms with Crippen LogP contribution in [0.3, 0.4) is 0 Å². The number of rotatable bonds is 11. The fourth-order valence-electron chi connectivity index (χ4n) is 4.22. The zero-order valence-electron chi connectivity index (χ0n) is 21.4. The van der Waals surface area contributed by atoms with Gasteiger partial charge in [-0.15, -0.1) is 4.89 Å². The van der Waals surface area contributed by atoms with Crippen LogP contribution in [0.25, 0.3) is 0 Å². The van der Waals surface area contributed by atoms with Crippen LogP contribution < -0.4 is 9.62 Å². The van der Waals surface area contributed by atoms with Crippen molar-refractivity contribution in [3.8, 4) is 28.7 Å². The van der Waals surface area contributed by atoms with Crippen LogP contribution in [0.2, 0.25) is 0 Å². The van der Waals surface area contributed by atoms with E-state index in [-0.39, 0.29) is 11.5 Å². The Kier molecular flexibility index (Phi) is 8.50. The summed E-state index contributed by atoms with van der Waals surface area (Å²) >= 11 is 0. The van der Waals surface area contributed by atoms with Gasteiger partial charge in [0.05, 0.1) is 0 Å². The molecule has 18 nitrogen and oxygen atoms in total. The van der Waals surface area contributed by atoms with Crippen molar-refractivity contribution < 1.29 is 90.2 Å². The van der Waals surface area contributed by atoms with Crippen molar-refractivity contribution in [2.75, 3.05) is 6.61 Å². The molecule has 1 fully saturated rings. The molecule has 4 rings (SSSR count). The maximum absolute atomic E-state index is 13.8. The predicted octanol–water partition coefficient (Wildman–Crippen LogP) is 0.0254. The molecule has 0 saturated carbocycles. The Morgan fingerprint density at radius 3 is 1.70 bits per heavy atom. The molecule has 3 aromatic rings. The lowest BCUT2D eigenvalue weighted by Gasteiger charge is -2.60. The number of aliphatic hydroxyl groups excluding tert-OH is 1. The fraction of sp³-hybridized carbons (Fsp3) is 0.240. The number of carbonyl (C=O) groups is 1. The van der Waals surface area contributed by atoms with Gasteiger partial charge in [-0.25, -0.2) is 15.8 Å². The molecule has 1 heterocycles. The minimum Gasteiger partial charge on any atom is -0.504 e. The average Bonchev–Trinajstić information content (AvgIpc) is 3.03. The molecule has 1 saturated heterocycles. The Morgan fingerprint density at radius 2 is 1.23 bits per heavy atom. The summed E-state index contributed by atoms with van der Waals surface area (Å²) in [4.78, 5) is 35.5. The number of ether oxygens (including phenoxy) is 2. The number of hydrogen-bond acceptors (Lipinski definition) is 18.